The minimum absolute atomic E-state index is 0.0514. The van der Waals surface area contributed by atoms with Crippen molar-refractivity contribution in [3.8, 4) is 0 Å². The number of hydrogen-bond donors (Lipinski definition) is 1. The maximum Gasteiger partial charge on any atom is 0.229 e. The average Bonchev–Trinajstić information content (AvgIpc) is 3.17. The van der Waals surface area contributed by atoms with Crippen molar-refractivity contribution in [1.82, 2.24) is 9.80 Å². The van der Waals surface area contributed by atoms with Crippen molar-refractivity contribution in [3.63, 3.8) is 0 Å². The van der Waals surface area contributed by atoms with Gasteiger partial charge in [0, 0.05) is 26.2 Å². The van der Waals surface area contributed by atoms with Crippen molar-refractivity contribution < 1.29 is 14.7 Å². The summed E-state index contributed by atoms with van der Waals surface area (Å²) in [5.41, 5.74) is 6.85. The monoisotopic (exact) mass is 773 g/mol. The summed E-state index contributed by atoms with van der Waals surface area (Å²) in [5.74, 6) is 1.95. The van der Waals surface area contributed by atoms with Gasteiger partial charge in [-0.05, 0) is 145 Å². The number of carbonyl (C=O) groups excluding carboxylic acids is 2. The first-order valence-electron chi connectivity index (χ1n) is 22.7. The Bertz CT molecular complexity index is 1900. The average molecular weight is 773 g/mol. The Kier molecular flexibility index (Phi) is 10.4. The Hall–Kier alpha value is -3.02. The molecule has 0 radical (unpaired) electrons. The highest BCUT2D eigenvalue weighted by molar-refractivity contribution is 5.95. The van der Waals surface area contributed by atoms with E-state index in [4.69, 9.17) is 0 Å². The van der Waals surface area contributed by atoms with Crippen molar-refractivity contribution in [1.29, 1.82) is 0 Å². The molecule has 0 spiro atoms. The summed E-state index contributed by atoms with van der Waals surface area (Å²) in [6.45, 7) is 22.8. The van der Waals surface area contributed by atoms with Crippen molar-refractivity contribution in [3.05, 3.63) is 88.5 Å². The molecule has 5 nitrogen and oxygen atoms in total. The van der Waals surface area contributed by atoms with E-state index < -0.39 is 0 Å². The molecule has 8 atom stereocenters. The summed E-state index contributed by atoms with van der Waals surface area (Å²) >= 11 is 0. The van der Waals surface area contributed by atoms with E-state index in [0.29, 0.717) is 43.3 Å². The van der Waals surface area contributed by atoms with Gasteiger partial charge in [-0.15, -0.1) is 0 Å². The third-order valence-corrected chi connectivity index (χ3v) is 18.1. The third-order valence-electron chi connectivity index (χ3n) is 18.1. The molecule has 0 bridgehead atoms. The fourth-order valence-electron chi connectivity index (χ4n) is 14.2. The molecule has 1 N–H and O–H groups in total. The summed E-state index contributed by atoms with van der Waals surface area (Å²) in [4.78, 5) is 32.7. The number of hydrogen-bond acceptors (Lipinski definition) is 4. The molecule has 0 unspecified atom stereocenters. The molecule has 57 heavy (non-hydrogen) atoms. The number of amides is 1. The van der Waals surface area contributed by atoms with Gasteiger partial charge in [0.05, 0.1) is 18.1 Å². The first-order chi connectivity index (χ1) is 26.9. The van der Waals surface area contributed by atoms with Gasteiger partial charge in [0.2, 0.25) is 5.91 Å². The van der Waals surface area contributed by atoms with Crippen LogP contribution in [0.3, 0.4) is 0 Å². The lowest BCUT2D eigenvalue weighted by atomic mass is 9.33. The number of carbonyl (C=O) groups is 2. The molecule has 1 aliphatic heterocycles. The highest BCUT2D eigenvalue weighted by Crippen LogP contribution is 2.76. The molecule has 8 rings (SSSR count). The summed E-state index contributed by atoms with van der Waals surface area (Å²) in [6, 6.07) is 17.2. The first-order valence-corrected chi connectivity index (χ1v) is 22.7. The van der Waals surface area contributed by atoms with Crippen molar-refractivity contribution >= 4 is 17.8 Å². The van der Waals surface area contributed by atoms with Gasteiger partial charge in [-0.3, -0.25) is 14.5 Å². The lowest BCUT2D eigenvalue weighted by molar-refractivity contribution is -0.204. The van der Waals surface area contributed by atoms with E-state index in [0.717, 1.165) is 76.4 Å². The van der Waals surface area contributed by atoms with Crippen LogP contribution in [0, 0.1) is 57.2 Å². The van der Waals surface area contributed by atoms with Crippen LogP contribution in [-0.2, 0) is 16.0 Å². The maximum atomic E-state index is 15.1. The molecular weight excluding hydrogens is 701 g/mol. The van der Waals surface area contributed by atoms with Crippen LogP contribution in [0.2, 0.25) is 0 Å². The number of piperazine rings is 1. The Morgan fingerprint density at radius 3 is 2.11 bits per heavy atom. The van der Waals surface area contributed by atoms with Gasteiger partial charge in [0.1, 0.15) is 0 Å². The lowest BCUT2D eigenvalue weighted by Crippen LogP contribution is -2.66. The SMILES string of the molecule is Cc1ccc(Cc2ccc(/C=C/C(=O)CN3CCN(C(=O)[C@]45CCC(C)(C)C[C@H]4C4=CC[C@@H]6[C@@]7(C)CC[C@H](O)C(C)(C)[C@@H]7CC[C@@]6(C)[C@]4(C)CC5)CC3)cc2)cc1. The van der Waals surface area contributed by atoms with E-state index in [1.807, 2.05) is 6.08 Å². The number of allylic oxidation sites excluding steroid dienone is 2. The minimum Gasteiger partial charge on any atom is -0.393 e. The van der Waals surface area contributed by atoms with Gasteiger partial charge >= 0.3 is 0 Å². The van der Waals surface area contributed by atoms with Gasteiger partial charge in [-0.25, -0.2) is 0 Å². The highest BCUT2D eigenvalue weighted by atomic mass is 16.3. The summed E-state index contributed by atoms with van der Waals surface area (Å²) in [6.07, 6.45) is 17.9. The zero-order chi connectivity index (χ0) is 40.6. The van der Waals surface area contributed by atoms with Crippen LogP contribution in [0.4, 0.5) is 0 Å². The van der Waals surface area contributed by atoms with Gasteiger partial charge in [-0.1, -0.05) is 120 Å². The molecule has 1 heterocycles. The van der Waals surface area contributed by atoms with Crippen LogP contribution in [-0.4, -0.2) is 65.4 Å². The zero-order valence-electron chi connectivity index (χ0n) is 36.6. The Balaban J connectivity index is 0.930. The first kappa shape index (κ1) is 40.7. The number of aliphatic hydroxyl groups excluding tert-OH is 1. The van der Waals surface area contributed by atoms with Gasteiger partial charge < -0.3 is 10.0 Å². The molecule has 4 saturated carbocycles. The topological polar surface area (TPSA) is 60.9 Å². The number of ketones is 1. The molecule has 5 fully saturated rings. The molecule has 5 heteroatoms. The van der Waals surface area contributed by atoms with Crippen LogP contribution in [0.15, 0.2) is 66.3 Å². The number of aliphatic hydroxyl groups is 1. The highest BCUT2D eigenvalue weighted by Gasteiger charge is 2.69. The van der Waals surface area contributed by atoms with E-state index in [1.165, 1.54) is 29.5 Å². The third kappa shape index (κ3) is 6.93. The summed E-state index contributed by atoms with van der Waals surface area (Å²) in [7, 11) is 0. The van der Waals surface area contributed by atoms with E-state index in [2.05, 4.69) is 120 Å². The van der Waals surface area contributed by atoms with E-state index >= 15 is 4.79 Å². The summed E-state index contributed by atoms with van der Waals surface area (Å²) < 4.78 is 0. The minimum atomic E-state index is -0.321. The molecule has 0 aromatic heterocycles. The van der Waals surface area contributed by atoms with E-state index in [1.54, 1.807) is 11.6 Å². The number of rotatable bonds is 7. The molecular formula is C52H72N2O3. The van der Waals surface area contributed by atoms with Crippen LogP contribution < -0.4 is 0 Å². The normalized spacial score (nSPS) is 37.4. The second kappa shape index (κ2) is 14.6. The standard InChI is InChI=1S/C52H72N2O3/c1-36-9-11-38(12-10-36)33-39-15-13-37(14-16-39)17-18-40(55)35-53-29-31-54(32-30-53)46(57)52-27-25-47(2,3)34-42(52)41-19-20-44-49(6)23-22-45(56)48(4,5)43(49)21-24-51(44,8)50(41,7)26-28-52/h9-19,42-45,56H,20-35H2,1-8H3/b18-17+/t42-,43-,44+,45-,49-,50+,51+,52-/m0/s1. The Morgan fingerprint density at radius 2 is 1.42 bits per heavy atom. The fourth-order valence-corrected chi connectivity index (χ4v) is 14.2. The number of fused-ring (bicyclic) bond motifs is 7. The van der Waals surface area contributed by atoms with E-state index in [-0.39, 0.29) is 44.4 Å². The predicted molar refractivity (Wildman–Crippen MR) is 233 cm³/mol. The molecule has 5 aliphatic carbocycles. The molecule has 1 amide bonds. The number of benzene rings is 2. The maximum absolute atomic E-state index is 15.1. The molecule has 6 aliphatic rings. The van der Waals surface area contributed by atoms with Crippen molar-refractivity contribution in [2.75, 3.05) is 32.7 Å². The predicted octanol–water partition coefficient (Wildman–Crippen LogP) is 10.5. The van der Waals surface area contributed by atoms with Gasteiger partial charge in [0.25, 0.3) is 0 Å². The van der Waals surface area contributed by atoms with Gasteiger partial charge in [0.15, 0.2) is 5.78 Å². The Labute approximate surface area is 344 Å². The zero-order valence-corrected chi connectivity index (χ0v) is 36.6. The fraction of sp³-hybridized carbons (Fsp3) is 0.654. The van der Waals surface area contributed by atoms with Crippen LogP contribution in [0.5, 0.6) is 0 Å². The van der Waals surface area contributed by atoms with E-state index in [9.17, 15) is 9.90 Å². The smallest absolute Gasteiger partial charge is 0.229 e. The molecule has 308 valence electrons. The van der Waals surface area contributed by atoms with Crippen LogP contribution in [0.25, 0.3) is 6.08 Å². The van der Waals surface area contributed by atoms with Crippen molar-refractivity contribution in [2.24, 2.45) is 50.2 Å². The molecule has 2 aromatic rings. The second-order valence-corrected chi connectivity index (χ2v) is 22.0. The van der Waals surface area contributed by atoms with Crippen LogP contribution in [0.1, 0.15) is 135 Å². The summed E-state index contributed by atoms with van der Waals surface area (Å²) in [5, 5.41) is 11.1. The molecule has 2 aromatic carbocycles. The largest absolute Gasteiger partial charge is 0.393 e. The number of nitrogens with zero attached hydrogens (tertiary/aromatic N) is 2. The van der Waals surface area contributed by atoms with Crippen molar-refractivity contribution in [2.45, 2.75) is 132 Å². The molecule has 1 saturated heterocycles. The van der Waals surface area contributed by atoms with Gasteiger partial charge in [-0.2, -0.15) is 0 Å². The number of aryl methyl sites for hydroxylation is 1. The second-order valence-electron chi connectivity index (χ2n) is 22.0. The quantitative estimate of drug-likeness (QED) is 0.225. The Morgan fingerprint density at radius 1 is 0.772 bits per heavy atom. The van der Waals surface area contributed by atoms with Crippen LogP contribution >= 0.6 is 0 Å². The lowest BCUT2D eigenvalue weighted by Gasteiger charge is -2.71.